The molecule has 0 aliphatic heterocycles. The summed E-state index contributed by atoms with van der Waals surface area (Å²) in [4.78, 5) is 0. The lowest BCUT2D eigenvalue weighted by Crippen LogP contribution is -2.00. The maximum absolute atomic E-state index is 6.97. The van der Waals surface area contributed by atoms with E-state index in [-0.39, 0.29) is 0 Å². The maximum Gasteiger partial charge on any atom is 0.0405 e. The van der Waals surface area contributed by atoms with Gasteiger partial charge in [0.1, 0.15) is 0 Å². The van der Waals surface area contributed by atoms with E-state index in [0.717, 1.165) is 11.1 Å². The molecule has 0 unspecified atom stereocenters. The predicted octanol–water partition coefficient (Wildman–Crippen LogP) is 2.56. The molecule has 0 radical (unpaired) electrons. The van der Waals surface area contributed by atoms with Crippen LogP contribution in [-0.4, -0.2) is 6.21 Å². The third-order valence-corrected chi connectivity index (χ3v) is 2.41. The van der Waals surface area contributed by atoms with Gasteiger partial charge >= 0.3 is 0 Å². The highest BCUT2D eigenvalue weighted by atomic mass is 14.6. The molecule has 1 rings (SSSR count). The van der Waals surface area contributed by atoms with Crippen molar-refractivity contribution in [3.05, 3.63) is 40.5 Å². The summed E-state index contributed by atoms with van der Waals surface area (Å²) in [6.07, 6.45) is 2.82. The van der Waals surface area contributed by atoms with Crippen LogP contribution in [0.1, 0.15) is 22.3 Å². The molecule has 1 aromatic rings. The topological polar surface area (TPSA) is 49.9 Å². The molecule has 14 heavy (non-hydrogen) atoms. The second kappa shape index (κ2) is 4.09. The lowest BCUT2D eigenvalue weighted by molar-refractivity contribution is 1.27. The normalized spacial score (nSPS) is 11.5. The SMILES string of the molecule is Cc1cc(C)c(C(N)=CC=N)cc1C. The molecule has 0 aliphatic carbocycles. The molecule has 2 heteroatoms. The smallest absolute Gasteiger partial charge is 0.0405 e. The van der Waals surface area contributed by atoms with Crippen molar-refractivity contribution in [2.75, 3.05) is 0 Å². The first-order chi connectivity index (χ1) is 6.56. The van der Waals surface area contributed by atoms with E-state index in [1.807, 2.05) is 6.92 Å². The molecule has 3 N–H and O–H groups in total. The van der Waals surface area contributed by atoms with Crippen LogP contribution in [0.2, 0.25) is 0 Å². The van der Waals surface area contributed by atoms with E-state index >= 15 is 0 Å². The summed E-state index contributed by atoms with van der Waals surface area (Å²) in [5.41, 5.74) is 11.2. The number of benzene rings is 1. The van der Waals surface area contributed by atoms with Crippen molar-refractivity contribution in [2.24, 2.45) is 5.73 Å². The van der Waals surface area contributed by atoms with Crippen LogP contribution in [0, 0.1) is 26.2 Å². The summed E-state index contributed by atoms with van der Waals surface area (Å²) >= 11 is 0. The molecule has 74 valence electrons. The van der Waals surface area contributed by atoms with E-state index in [0.29, 0.717) is 5.70 Å². The zero-order chi connectivity index (χ0) is 10.7. The Kier molecular flexibility index (Phi) is 3.07. The predicted molar refractivity (Wildman–Crippen MR) is 61.6 cm³/mol. The highest BCUT2D eigenvalue weighted by molar-refractivity contribution is 5.82. The Hall–Kier alpha value is -1.57. The summed E-state index contributed by atoms with van der Waals surface area (Å²) in [5, 5.41) is 6.97. The van der Waals surface area contributed by atoms with Gasteiger partial charge in [0.05, 0.1) is 0 Å². The molecule has 0 atom stereocenters. The number of aryl methyl sites for hydroxylation is 3. The fraction of sp³-hybridized carbons (Fsp3) is 0.250. The van der Waals surface area contributed by atoms with E-state index < -0.39 is 0 Å². The third kappa shape index (κ3) is 2.02. The fourth-order valence-corrected chi connectivity index (χ4v) is 1.45. The van der Waals surface area contributed by atoms with Gasteiger partial charge in [0.15, 0.2) is 0 Å². The first-order valence-corrected chi connectivity index (χ1v) is 4.60. The lowest BCUT2D eigenvalue weighted by atomic mass is 9.99. The molecule has 0 saturated carbocycles. The van der Waals surface area contributed by atoms with Crippen molar-refractivity contribution < 1.29 is 0 Å². The van der Waals surface area contributed by atoms with E-state index in [2.05, 4.69) is 26.0 Å². The second-order valence-electron chi connectivity index (χ2n) is 3.54. The largest absolute Gasteiger partial charge is 0.398 e. The number of nitrogens with two attached hydrogens (primary N) is 1. The van der Waals surface area contributed by atoms with Gasteiger partial charge in [0.2, 0.25) is 0 Å². The van der Waals surface area contributed by atoms with Crippen molar-refractivity contribution in [3.63, 3.8) is 0 Å². The van der Waals surface area contributed by atoms with E-state index in [9.17, 15) is 0 Å². The van der Waals surface area contributed by atoms with Crippen molar-refractivity contribution in [3.8, 4) is 0 Å². The van der Waals surface area contributed by atoms with Gasteiger partial charge in [-0.15, -0.1) is 0 Å². The average molecular weight is 188 g/mol. The number of allylic oxidation sites excluding steroid dienone is 1. The Morgan fingerprint density at radius 3 is 2.29 bits per heavy atom. The van der Waals surface area contributed by atoms with Crippen LogP contribution in [0.25, 0.3) is 5.70 Å². The van der Waals surface area contributed by atoms with Gasteiger partial charge in [-0.05, 0) is 49.6 Å². The van der Waals surface area contributed by atoms with Crippen LogP contribution in [0.4, 0.5) is 0 Å². The van der Waals surface area contributed by atoms with Crippen LogP contribution in [0.3, 0.4) is 0 Å². The van der Waals surface area contributed by atoms with Crippen LogP contribution in [-0.2, 0) is 0 Å². The van der Waals surface area contributed by atoms with Crippen LogP contribution in [0.15, 0.2) is 18.2 Å². The average Bonchev–Trinajstić information content (AvgIpc) is 2.11. The van der Waals surface area contributed by atoms with Gasteiger partial charge in [-0.1, -0.05) is 6.07 Å². The number of rotatable bonds is 2. The summed E-state index contributed by atoms with van der Waals surface area (Å²) in [5.74, 6) is 0. The minimum atomic E-state index is 0.653. The molecule has 0 bridgehead atoms. The van der Waals surface area contributed by atoms with E-state index in [1.165, 1.54) is 17.3 Å². The van der Waals surface area contributed by atoms with Crippen LogP contribution >= 0.6 is 0 Å². The summed E-state index contributed by atoms with van der Waals surface area (Å²) < 4.78 is 0. The van der Waals surface area contributed by atoms with Crippen molar-refractivity contribution in [1.82, 2.24) is 0 Å². The van der Waals surface area contributed by atoms with Gasteiger partial charge in [-0.25, -0.2) is 0 Å². The standard InChI is InChI=1S/C12H16N2/c1-8-6-10(3)11(7-9(8)2)12(14)4-5-13/h4-7,13H,14H2,1-3H3. The number of hydrogen-bond donors (Lipinski definition) is 2. The zero-order valence-electron chi connectivity index (χ0n) is 8.89. The highest BCUT2D eigenvalue weighted by Gasteiger charge is 2.03. The Labute approximate surface area is 85.0 Å². The van der Waals surface area contributed by atoms with Gasteiger partial charge in [0.25, 0.3) is 0 Å². The molecule has 0 heterocycles. The van der Waals surface area contributed by atoms with Crippen molar-refractivity contribution in [2.45, 2.75) is 20.8 Å². The summed E-state index contributed by atoms with van der Waals surface area (Å²) in [6.45, 7) is 6.19. The Morgan fingerprint density at radius 2 is 1.71 bits per heavy atom. The van der Waals surface area contributed by atoms with Gasteiger partial charge in [-0.3, -0.25) is 0 Å². The van der Waals surface area contributed by atoms with Gasteiger partial charge < -0.3 is 11.1 Å². The van der Waals surface area contributed by atoms with E-state index in [1.54, 1.807) is 6.08 Å². The highest BCUT2D eigenvalue weighted by Crippen LogP contribution is 2.19. The minimum Gasteiger partial charge on any atom is -0.398 e. The first kappa shape index (κ1) is 10.5. The first-order valence-electron chi connectivity index (χ1n) is 4.60. The van der Waals surface area contributed by atoms with Crippen molar-refractivity contribution >= 4 is 11.9 Å². The van der Waals surface area contributed by atoms with E-state index in [4.69, 9.17) is 11.1 Å². The monoisotopic (exact) mass is 188 g/mol. The summed E-state index contributed by atoms with van der Waals surface area (Å²) in [6, 6.07) is 4.19. The molecule has 1 aromatic carbocycles. The summed E-state index contributed by atoms with van der Waals surface area (Å²) in [7, 11) is 0. The molecule has 2 nitrogen and oxygen atoms in total. The molecule has 0 aliphatic rings. The Balaban J connectivity index is 3.29. The number of hydrogen-bond acceptors (Lipinski definition) is 2. The molecular formula is C12H16N2. The maximum atomic E-state index is 6.97. The van der Waals surface area contributed by atoms with Crippen molar-refractivity contribution in [1.29, 1.82) is 5.41 Å². The molecule has 0 amide bonds. The molecule has 0 aromatic heterocycles. The Morgan fingerprint density at radius 1 is 1.14 bits per heavy atom. The van der Waals surface area contributed by atoms with Crippen LogP contribution < -0.4 is 5.73 Å². The van der Waals surface area contributed by atoms with Gasteiger partial charge in [-0.2, -0.15) is 0 Å². The zero-order valence-corrected chi connectivity index (χ0v) is 8.89. The lowest BCUT2D eigenvalue weighted by Gasteiger charge is -2.09. The fourth-order valence-electron chi connectivity index (χ4n) is 1.45. The van der Waals surface area contributed by atoms with Gasteiger partial charge in [0, 0.05) is 17.5 Å². The second-order valence-corrected chi connectivity index (χ2v) is 3.54. The van der Waals surface area contributed by atoms with Crippen LogP contribution in [0.5, 0.6) is 0 Å². The molecular weight excluding hydrogens is 172 g/mol. The quantitative estimate of drug-likeness (QED) is 0.688. The molecule has 0 saturated heterocycles. The molecule has 0 spiro atoms. The minimum absolute atomic E-state index is 0.653. The molecule has 0 fully saturated rings. The third-order valence-electron chi connectivity index (χ3n) is 2.41. The number of nitrogens with one attached hydrogen (secondary N) is 1. The Bertz CT molecular complexity index is 390.